The highest BCUT2D eigenvalue weighted by Gasteiger charge is 2.08. The van der Waals surface area contributed by atoms with Crippen molar-refractivity contribution in [3.8, 4) is 11.6 Å². The van der Waals surface area contributed by atoms with Crippen LogP contribution in [0.3, 0.4) is 0 Å². The van der Waals surface area contributed by atoms with Gasteiger partial charge in [0, 0.05) is 12.4 Å². The van der Waals surface area contributed by atoms with Gasteiger partial charge in [-0.3, -0.25) is 0 Å². The molecule has 0 amide bonds. The summed E-state index contributed by atoms with van der Waals surface area (Å²) in [6, 6.07) is 1.73. The van der Waals surface area contributed by atoms with Crippen LogP contribution in [-0.2, 0) is 6.54 Å². The van der Waals surface area contributed by atoms with Gasteiger partial charge in [0.25, 0.3) is 0 Å². The van der Waals surface area contributed by atoms with Crippen molar-refractivity contribution in [2.75, 3.05) is 7.05 Å². The van der Waals surface area contributed by atoms with E-state index in [1.807, 2.05) is 7.05 Å². The zero-order valence-corrected chi connectivity index (χ0v) is 7.64. The molecule has 0 saturated carbocycles. The van der Waals surface area contributed by atoms with Crippen LogP contribution in [0.5, 0.6) is 0 Å². The van der Waals surface area contributed by atoms with Gasteiger partial charge < -0.3 is 9.84 Å². The Kier molecular flexibility index (Phi) is 2.46. The predicted octanol–water partition coefficient (Wildman–Crippen LogP) is 0.246. The predicted molar refractivity (Wildman–Crippen MR) is 48.1 cm³/mol. The van der Waals surface area contributed by atoms with E-state index in [4.69, 9.17) is 4.52 Å². The van der Waals surface area contributed by atoms with E-state index >= 15 is 0 Å². The lowest BCUT2D eigenvalue weighted by Crippen LogP contribution is -2.05. The first-order valence-corrected chi connectivity index (χ1v) is 4.14. The molecule has 0 spiro atoms. The van der Waals surface area contributed by atoms with Crippen LogP contribution in [-0.4, -0.2) is 27.2 Å². The molecule has 0 aliphatic heterocycles. The second-order valence-electron chi connectivity index (χ2n) is 2.61. The Morgan fingerprint density at radius 1 is 1.29 bits per heavy atom. The van der Waals surface area contributed by atoms with Gasteiger partial charge in [0.15, 0.2) is 0 Å². The first kappa shape index (κ1) is 8.76. The SMILES string of the molecule is CNCc1nc(-c2ncccn2)no1. The Hall–Kier alpha value is -1.82. The van der Waals surface area contributed by atoms with Crippen molar-refractivity contribution in [2.24, 2.45) is 0 Å². The lowest BCUT2D eigenvalue weighted by atomic mass is 10.5. The van der Waals surface area contributed by atoms with Gasteiger partial charge in [0.2, 0.25) is 17.5 Å². The summed E-state index contributed by atoms with van der Waals surface area (Å²) in [6.45, 7) is 0.542. The van der Waals surface area contributed by atoms with E-state index in [0.29, 0.717) is 24.1 Å². The maximum absolute atomic E-state index is 4.96. The molecule has 6 nitrogen and oxygen atoms in total. The first-order valence-electron chi connectivity index (χ1n) is 4.14. The molecule has 2 aromatic rings. The second-order valence-corrected chi connectivity index (χ2v) is 2.61. The zero-order valence-electron chi connectivity index (χ0n) is 7.64. The Bertz CT molecular complexity index is 399. The molecule has 0 atom stereocenters. The zero-order chi connectivity index (χ0) is 9.80. The van der Waals surface area contributed by atoms with E-state index in [0.717, 1.165) is 0 Å². The average molecular weight is 191 g/mol. The normalized spacial score (nSPS) is 10.4. The molecular weight excluding hydrogens is 182 g/mol. The van der Waals surface area contributed by atoms with Crippen LogP contribution >= 0.6 is 0 Å². The van der Waals surface area contributed by atoms with Crippen LogP contribution in [0.4, 0.5) is 0 Å². The molecule has 0 saturated heterocycles. The van der Waals surface area contributed by atoms with E-state index in [2.05, 4.69) is 25.4 Å². The molecule has 72 valence electrons. The van der Waals surface area contributed by atoms with Gasteiger partial charge in [0.1, 0.15) is 0 Å². The quantitative estimate of drug-likeness (QED) is 0.749. The van der Waals surface area contributed by atoms with Gasteiger partial charge in [-0.05, 0) is 13.1 Å². The van der Waals surface area contributed by atoms with Gasteiger partial charge in [-0.2, -0.15) is 4.98 Å². The minimum atomic E-state index is 0.413. The molecule has 0 aliphatic carbocycles. The van der Waals surface area contributed by atoms with Crippen LogP contribution in [0.1, 0.15) is 5.89 Å². The molecule has 1 N–H and O–H groups in total. The van der Waals surface area contributed by atoms with Crippen molar-refractivity contribution in [1.82, 2.24) is 25.4 Å². The maximum Gasteiger partial charge on any atom is 0.241 e. The highest BCUT2D eigenvalue weighted by molar-refractivity contribution is 5.40. The molecule has 0 fully saturated rings. The van der Waals surface area contributed by atoms with E-state index < -0.39 is 0 Å². The highest BCUT2D eigenvalue weighted by Crippen LogP contribution is 2.08. The fourth-order valence-corrected chi connectivity index (χ4v) is 0.983. The van der Waals surface area contributed by atoms with E-state index in [1.54, 1.807) is 18.5 Å². The summed E-state index contributed by atoms with van der Waals surface area (Å²) in [5, 5.41) is 6.67. The fraction of sp³-hybridized carbons (Fsp3) is 0.250. The van der Waals surface area contributed by atoms with Crippen LogP contribution in [0.15, 0.2) is 23.0 Å². The minimum absolute atomic E-state index is 0.413. The molecule has 0 radical (unpaired) electrons. The summed E-state index contributed by atoms with van der Waals surface area (Å²) in [5.74, 6) is 1.41. The van der Waals surface area contributed by atoms with Crippen molar-refractivity contribution >= 4 is 0 Å². The Balaban J connectivity index is 2.25. The number of nitrogens with one attached hydrogen (secondary N) is 1. The molecule has 2 heterocycles. The number of rotatable bonds is 3. The molecule has 0 aromatic carbocycles. The standard InChI is InChI=1S/C8H9N5O/c1-9-5-6-12-8(13-14-6)7-10-3-2-4-11-7/h2-4,9H,5H2,1H3. The lowest BCUT2D eigenvalue weighted by molar-refractivity contribution is 0.372. The molecule has 6 heteroatoms. The topological polar surface area (TPSA) is 76.7 Å². The van der Waals surface area contributed by atoms with Crippen LogP contribution in [0, 0.1) is 0 Å². The van der Waals surface area contributed by atoms with Gasteiger partial charge in [-0.15, -0.1) is 0 Å². The van der Waals surface area contributed by atoms with Crippen molar-refractivity contribution in [2.45, 2.75) is 6.54 Å². The molecule has 0 bridgehead atoms. The van der Waals surface area contributed by atoms with Crippen LogP contribution in [0.2, 0.25) is 0 Å². The van der Waals surface area contributed by atoms with Gasteiger partial charge >= 0.3 is 0 Å². The summed E-state index contributed by atoms with van der Waals surface area (Å²) in [5.41, 5.74) is 0. The minimum Gasteiger partial charge on any atom is -0.337 e. The summed E-state index contributed by atoms with van der Waals surface area (Å²) < 4.78 is 4.96. The van der Waals surface area contributed by atoms with Crippen molar-refractivity contribution in [3.63, 3.8) is 0 Å². The molecule has 0 aliphatic rings. The third-order valence-corrected chi connectivity index (χ3v) is 1.56. The van der Waals surface area contributed by atoms with Crippen molar-refractivity contribution < 1.29 is 4.52 Å². The largest absolute Gasteiger partial charge is 0.337 e. The van der Waals surface area contributed by atoms with E-state index in [9.17, 15) is 0 Å². The van der Waals surface area contributed by atoms with Crippen LogP contribution in [0.25, 0.3) is 11.6 Å². The Labute approximate surface area is 80.4 Å². The first-order chi connectivity index (χ1) is 6.90. The summed E-state index contributed by atoms with van der Waals surface area (Å²) in [7, 11) is 1.81. The second kappa shape index (κ2) is 3.93. The number of aromatic nitrogens is 4. The third kappa shape index (κ3) is 1.74. The summed E-state index contributed by atoms with van der Waals surface area (Å²) >= 11 is 0. The molecule has 14 heavy (non-hydrogen) atoms. The van der Waals surface area contributed by atoms with Crippen molar-refractivity contribution in [3.05, 3.63) is 24.4 Å². The van der Waals surface area contributed by atoms with E-state index in [-0.39, 0.29) is 0 Å². The van der Waals surface area contributed by atoms with Gasteiger partial charge in [-0.1, -0.05) is 5.16 Å². The highest BCUT2D eigenvalue weighted by atomic mass is 16.5. The summed E-state index contributed by atoms with van der Waals surface area (Å²) in [6.07, 6.45) is 3.27. The fourth-order valence-electron chi connectivity index (χ4n) is 0.983. The molecular formula is C8H9N5O. The molecule has 0 unspecified atom stereocenters. The average Bonchev–Trinajstić information content (AvgIpc) is 2.68. The number of hydrogen-bond acceptors (Lipinski definition) is 6. The van der Waals surface area contributed by atoms with Crippen molar-refractivity contribution in [1.29, 1.82) is 0 Å². The molecule has 2 rings (SSSR count). The Morgan fingerprint density at radius 3 is 2.79 bits per heavy atom. The number of nitrogens with zero attached hydrogens (tertiary/aromatic N) is 4. The van der Waals surface area contributed by atoms with Gasteiger partial charge in [-0.25, -0.2) is 9.97 Å². The monoisotopic (exact) mass is 191 g/mol. The van der Waals surface area contributed by atoms with E-state index in [1.165, 1.54) is 0 Å². The van der Waals surface area contributed by atoms with Gasteiger partial charge in [0.05, 0.1) is 6.54 Å². The number of hydrogen-bond donors (Lipinski definition) is 1. The van der Waals surface area contributed by atoms with Crippen LogP contribution < -0.4 is 5.32 Å². The lowest BCUT2D eigenvalue weighted by Gasteiger charge is -1.89. The smallest absolute Gasteiger partial charge is 0.241 e. The maximum atomic E-state index is 4.96. The summed E-state index contributed by atoms with van der Waals surface area (Å²) in [4.78, 5) is 12.1. The Morgan fingerprint density at radius 2 is 2.07 bits per heavy atom. The third-order valence-electron chi connectivity index (χ3n) is 1.56. The molecule has 2 aromatic heterocycles.